The van der Waals surface area contributed by atoms with Gasteiger partial charge in [0, 0.05) is 16.0 Å². The Kier molecular flexibility index (Phi) is 4.93. The molecule has 0 saturated heterocycles. The third-order valence-electron chi connectivity index (χ3n) is 5.87. The van der Waals surface area contributed by atoms with E-state index in [1.165, 1.54) is 24.3 Å². The first-order valence-corrected chi connectivity index (χ1v) is 10.9. The van der Waals surface area contributed by atoms with Gasteiger partial charge in [0.15, 0.2) is 21.4 Å². The molecule has 1 N–H and O–H groups in total. The number of nitrogens with zero attached hydrogens (tertiary/aromatic N) is 3. The van der Waals surface area contributed by atoms with Gasteiger partial charge < -0.3 is 9.84 Å². The van der Waals surface area contributed by atoms with Crippen LogP contribution in [0, 0.1) is 11.6 Å². The molecule has 1 heterocycles. The molecule has 0 radical (unpaired) electrons. The fourth-order valence-electron chi connectivity index (χ4n) is 4.54. The van der Waals surface area contributed by atoms with Crippen molar-refractivity contribution in [2.75, 3.05) is 6.61 Å². The van der Waals surface area contributed by atoms with E-state index < -0.39 is 55.8 Å². The van der Waals surface area contributed by atoms with Crippen LogP contribution in [0.15, 0.2) is 46.4 Å². The van der Waals surface area contributed by atoms with E-state index in [4.69, 9.17) is 21.9 Å². The van der Waals surface area contributed by atoms with E-state index in [1.807, 2.05) is 0 Å². The average molecular weight is 456 g/mol. The molecule has 158 valence electrons. The van der Waals surface area contributed by atoms with Gasteiger partial charge in [-0.15, -0.1) is 0 Å². The van der Waals surface area contributed by atoms with E-state index in [1.54, 1.807) is 0 Å². The maximum absolute atomic E-state index is 15.1. The molecule has 1 aliphatic carbocycles. The number of halogens is 3. The molecule has 0 amide bonds. The zero-order valence-electron chi connectivity index (χ0n) is 15.4. The van der Waals surface area contributed by atoms with Gasteiger partial charge in [-0.25, -0.2) is 17.2 Å². The summed E-state index contributed by atoms with van der Waals surface area (Å²) >= 11 is 5.87. The fraction of sp³-hybridized carbons (Fsp3) is 0.368. The van der Waals surface area contributed by atoms with Crippen molar-refractivity contribution in [2.45, 2.75) is 40.5 Å². The summed E-state index contributed by atoms with van der Waals surface area (Å²) in [4.78, 5) is 2.53. The van der Waals surface area contributed by atoms with Crippen LogP contribution in [0.3, 0.4) is 0 Å². The van der Waals surface area contributed by atoms with Crippen LogP contribution >= 0.6 is 11.6 Å². The van der Waals surface area contributed by atoms with E-state index in [-0.39, 0.29) is 24.2 Å². The summed E-state index contributed by atoms with van der Waals surface area (Å²) in [6, 6.07) is 6.14. The van der Waals surface area contributed by atoms with E-state index in [9.17, 15) is 17.9 Å². The molecule has 1 aliphatic heterocycles. The summed E-state index contributed by atoms with van der Waals surface area (Å²) in [5, 5.41) is 15.4. The van der Waals surface area contributed by atoms with Crippen LogP contribution < -0.4 is 4.74 Å². The van der Waals surface area contributed by atoms with Crippen molar-refractivity contribution in [3.8, 4) is 5.75 Å². The number of azide groups is 1. The zero-order valence-corrected chi connectivity index (χ0v) is 17.0. The number of hydrogen-bond donors (Lipinski definition) is 1. The Hall–Kier alpha value is -2.39. The monoisotopic (exact) mass is 455 g/mol. The summed E-state index contributed by atoms with van der Waals surface area (Å²) in [5.74, 6) is -2.49. The van der Waals surface area contributed by atoms with Gasteiger partial charge in [0.2, 0.25) is 0 Å². The van der Waals surface area contributed by atoms with E-state index >= 15 is 4.39 Å². The van der Waals surface area contributed by atoms with Gasteiger partial charge in [-0.1, -0.05) is 16.7 Å². The molecule has 1 saturated carbocycles. The van der Waals surface area contributed by atoms with Crippen LogP contribution in [0.25, 0.3) is 10.4 Å². The Bertz CT molecular complexity index is 1170. The summed E-state index contributed by atoms with van der Waals surface area (Å²) in [6.07, 6.45) is -0.539. The molecule has 0 bridgehead atoms. The Morgan fingerprint density at radius 3 is 2.53 bits per heavy atom. The van der Waals surface area contributed by atoms with Crippen LogP contribution in [-0.4, -0.2) is 31.8 Å². The number of sulfone groups is 1. The van der Waals surface area contributed by atoms with Crippen LogP contribution in [0.4, 0.5) is 8.78 Å². The van der Waals surface area contributed by atoms with Crippen molar-refractivity contribution in [2.24, 2.45) is 5.11 Å². The normalized spacial score (nSPS) is 27.9. The van der Waals surface area contributed by atoms with Gasteiger partial charge in [0.05, 0.1) is 10.5 Å². The number of hydrogen-bond acceptors (Lipinski definition) is 5. The SMILES string of the molecule is [N-]=[N+]=N[C@@H]1CC[C@@]2(S(=O)(=O)c3ccc(Cl)cc3)c3c(F)ccc(F)c3OC[C@@]2(O)C1. The molecule has 0 aromatic heterocycles. The maximum atomic E-state index is 15.1. The Balaban J connectivity index is 2.04. The smallest absolute Gasteiger partial charge is 0.191 e. The lowest BCUT2D eigenvalue weighted by Gasteiger charge is -2.53. The highest BCUT2D eigenvalue weighted by Gasteiger charge is 2.67. The highest BCUT2D eigenvalue weighted by Crippen LogP contribution is 2.58. The lowest BCUT2D eigenvalue weighted by molar-refractivity contribution is -0.0874. The lowest BCUT2D eigenvalue weighted by atomic mass is 9.68. The van der Waals surface area contributed by atoms with Crippen molar-refractivity contribution in [3.63, 3.8) is 0 Å². The minimum Gasteiger partial charge on any atom is -0.487 e. The first kappa shape index (κ1) is 20.9. The molecule has 2 aliphatic rings. The minimum atomic E-state index is -4.48. The van der Waals surface area contributed by atoms with E-state index in [0.29, 0.717) is 5.02 Å². The van der Waals surface area contributed by atoms with Crippen LogP contribution in [-0.2, 0) is 14.6 Å². The Morgan fingerprint density at radius 2 is 1.87 bits per heavy atom. The van der Waals surface area contributed by atoms with E-state index in [2.05, 4.69) is 10.0 Å². The molecule has 7 nitrogen and oxygen atoms in total. The summed E-state index contributed by atoms with van der Waals surface area (Å²) in [6.45, 7) is -0.607. The van der Waals surface area contributed by atoms with Crippen LogP contribution in [0.5, 0.6) is 5.75 Å². The number of ether oxygens (including phenoxy) is 1. The molecule has 2 aromatic carbocycles. The predicted molar refractivity (Wildman–Crippen MR) is 104 cm³/mol. The highest BCUT2D eigenvalue weighted by atomic mass is 35.5. The molecule has 0 spiro atoms. The summed E-state index contributed by atoms with van der Waals surface area (Å²) < 4.78 is 60.4. The second-order valence-electron chi connectivity index (χ2n) is 7.44. The van der Waals surface area contributed by atoms with Crippen LogP contribution in [0.1, 0.15) is 24.8 Å². The molecule has 11 heteroatoms. The van der Waals surface area contributed by atoms with Gasteiger partial charge in [-0.3, -0.25) is 0 Å². The summed E-state index contributed by atoms with van der Waals surface area (Å²) in [5.41, 5.74) is 6.06. The van der Waals surface area contributed by atoms with Crippen molar-refractivity contribution in [3.05, 3.63) is 69.1 Å². The highest BCUT2D eigenvalue weighted by molar-refractivity contribution is 7.92. The molecule has 30 heavy (non-hydrogen) atoms. The standard InChI is InChI=1S/C19H16ClF2N3O4S/c20-11-1-3-13(4-2-11)30(27,28)19-8-7-12(24-25-23)9-18(19,26)10-29-17-15(22)6-5-14(21)16(17)19/h1-6,12,26H,7-10H2/t12-,18+,19-/m1/s1. The van der Waals surface area contributed by atoms with Gasteiger partial charge in [-0.2, -0.15) is 0 Å². The molecular formula is C19H16ClF2N3O4S. The van der Waals surface area contributed by atoms with Crippen molar-refractivity contribution >= 4 is 21.4 Å². The third kappa shape index (κ3) is 2.79. The minimum absolute atomic E-state index is 0.0502. The van der Waals surface area contributed by atoms with Crippen LogP contribution in [0.2, 0.25) is 5.02 Å². The molecule has 4 rings (SSSR count). The molecule has 0 unspecified atom stereocenters. The Morgan fingerprint density at radius 1 is 1.20 bits per heavy atom. The molecule has 1 fully saturated rings. The Labute approximate surface area is 175 Å². The molecular weight excluding hydrogens is 440 g/mol. The van der Waals surface area contributed by atoms with Gasteiger partial charge >= 0.3 is 0 Å². The van der Waals surface area contributed by atoms with Gasteiger partial charge in [-0.05, 0) is 61.2 Å². The molecule has 3 atom stereocenters. The zero-order chi connectivity index (χ0) is 21.7. The second-order valence-corrected chi connectivity index (χ2v) is 10.1. The quantitative estimate of drug-likeness (QED) is 0.423. The van der Waals surface area contributed by atoms with Crippen molar-refractivity contribution in [1.29, 1.82) is 0 Å². The summed E-state index contributed by atoms with van der Waals surface area (Å²) in [7, 11) is -4.48. The predicted octanol–water partition coefficient (Wildman–Crippen LogP) is 4.27. The third-order valence-corrected chi connectivity index (χ3v) is 8.72. The second kappa shape index (κ2) is 7.09. The largest absolute Gasteiger partial charge is 0.487 e. The van der Waals surface area contributed by atoms with Crippen molar-refractivity contribution in [1.82, 2.24) is 0 Å². The average Bonchev–Trinajstić information content (AvgIpc) is 2.70. The first-order chi connectivity index (χ1) is 14.2. The first-order valence-electron chi connectivity index (χ1n) is 9.04. The fourth-order valence-corrected chi connectivity index (χ4v) is 7.05. The van der Waals surface area contributed by atoms with Gasteiger partial charge in [0.25, 0.3) is 0 Å². The number of fused-ring (bicyclic) bond motifs is 3. The molecule has 2 aromatic rings. The number of aliphatic hydroxyl groups is 1. The topological polar surface area (TPSA) is 112 Å². The van der Waals surface area contributed by atoms with E-state index in [0.717, 1.165) is 12.1 Å². The number of rotatable bonds is 3. The van der Waals surface area contributed by atoms with Crippen molar-refractivity contribution < 1.29 is 27.0 Å². The van der Waals surface area contributed by atoms with Gasteiger partial charge in [0.1, 0.15) is 22.8 Å². The maximum Gasteiger partial charge on any atom is 0.191 e. The number of benzene rings is 2. The lowest BCUT2D eigenvalue weighted by Crippen LogP contribution is -2.65.